The van der Waals surface area contributed by atoms with Gasteiger partial charge in [0.25, 0.3) is 0 Å². The quantitative estimate of drug-likeness (QED) is 0.752. The molecule has 102 valence electrons. The lowest BCUT2D eigenvalue weighted by Gasteiger charge is -2.04. The van der Waals surface area contributed by atoms with E-state index in [9.17, 15) is 8.78 Å². The second-order valence-electron chi connectivity index (χ2n) is 4.45. The Labute approximate surface area is 113 Å². The third kappa shape index (κ3) is 1.95. The smallest absolute Gasteiger partial charge is 0.155 e. The van der Waals surface area contributed by atoms with Crippen LogP contribution in [0.5, 0.6) is 0 Å². The van der Waals surface area contributed by atoms with E-state index in [1.807, 2.05) is 6.92 Å². The molecule has 3 N–H and O–H groups in total. The van der Waals surface area contributed by atoms with E-state index in [-0.39, 0.29) is 5.82 Å². The van der Waals surface area contributed by atoms with Gasteiger partial charge in [0, 0.05) is 6.07 Å². The summed E-state index contributed by atoms with van der Waals surface area (Å²) in [7, 11) is 0. The second kappa shape index (κ2) is 4.48. The van der Waals surface area contributed by atoms with E-state index < -0.39 is 11.6 Å². The van der Waals surface area contributed by atoms with Crippen LogP contribution in [0.15, 0.2) is 34.9 Å². The molecule has 2 aromatic heterocycles. The highest BCUT2D eigenvalue weighted by atomic mass is 19.1. The normalized spacial score (nSPS) is 10.9. The standard InChI is InChI=1S/C14H11F2N3O/c1-7-2-3-20-13(7)12-11(14(17)19-18-12)8-4-9(15)6-10(16)5-8/h2-6H,1H3,(H3,17,18,19). The van der Waals surface area contributed by atoms with Gasteiger partial charge in [-0.3, -0.25) is 5.10 Å². The summed E-state index contributed by atoms with van der Waals surface area (Å²) in [5.41, 5.74) is 7.89. The van der Waals surface area contributed by atoms with Crippen molar-refractivity contribution in [3.05, 3.63) is 47.7 Å². The summed E-state index contributed by atoms with van der Waals surface area (Å²) in [6.07, 6.45) is 1.53. The van der Waals surface area contributed by atoms with Crippen LogP contribution >= 0.6 is 0 Å². The molecule has 0 aliphatic rings. The van der Waals surface area contributed by atoms with Crippen LogP contribution in [0.4, 0.5) is 14.6 Å². The number of hydrogen-bond acceptors (Lipinski definition) is 3. The van der Waals surface area contributed by atoms with Crippen molar-refractivity contribution < 1.29 is 13.2 Å². The number of H-pyrrole nitrogens is 1. The lowest BCUT2D eigenvalue weighted by atomic mass is 10.0. The number of benzene rings is 1. The number of nitrogen functional groups attached to an aromatic ring is 1. The van der Waals surface area contributed by atoms with Gasteiger partial charge < -0.3 is 10.2 Å². The molecule has 6 heteroatoms. The Balaban J connectivity index is 2.24. The summed E-state index contributed by atoms with van der Waals surface area (Å²) < 4.78 is 32.1. The van der Waals surface area contributed by atoms with Crippen molar-refractivity contribution in [1.29, 1.82) is 0 Å². The van der Waals surface area contributed by atoms with E-state index in [2.05, 4.69) is 10.2 Å². The molecule has 0 aliphatic heterocycles. The minimum Gasteiger partial charge on any atom is -0.462 e. The van der Waals surface area contributed by atoms with Crippen molar-refractivity contribution in [1.82, 2.24) is 10.2 Å². The molecule has 0 aliphatic carbocycles. The van der Waals surface area contributed by atoms with E-state index >= 15 is 0 Å². The van der Waals surface area contributed by atoms with Crippen LogP contribution < -0.4 is 5.73 Å². The van der Waals surface area contributed by atoms with Gasteiger partial charge in [-0.05, 0) is 36.2 Å². The van der Waals surface area contributed by atoms with Gasteiger partial charge in [0.1, 0.15) is 17.3 Å². The first-order valence-electron chi connectivity index (χ1n) is 5.91. The summed E-state index contributed by atoms with van der Waals surface area (Å²) in [5, 5.41) is 6.64. The number of rotatable bonds is 2. The van der Waals surface area contributed by atoms with Gasteiger partial charge in [-0.15, -0.1) is 0 Å². The zero-order valence-corrected chi connectivity index (χ0v) is 10.6. The average molecular weight is 275 g/mol. The fourth-order valence-corrected chi connectivity index (χ4v) is 2.14. The number of hydrogen-bond donors (Lipinski definition) is 2. The molecule has 0 radical (unpaired) electrons. The number of nitrogens with two attached hydrogens (primary N) is 1. The Morgan fingerprint density at radius 3 is 2.50 bits per heavy atom. The molecule has 0 bridgehead atoms. The van der Waals surface area contributed by atoms with Crippen molar-refractivity contribution in [2.75, 3.05) is 5.73 Å². The molecule has 3 aromatic rings. The summed E-state index contributed by atoms with van der Waals surface area (Å²) in [6, 6.07) is 4.98. The lowest BCUT2D eigenvalue weighted by molar-refractivity contribution is 0.578. The van der Waals surface area contributed by atoms with Gasteiger partial charge in [-0.1, -0.05) is 0 Å². The first kappa shape index (κ1) is 12.4. The van der Waals surface area contributed by atoms with Crippen molar-refractivity contribution in [3.8, 4) is 22.6 Å². The maximum Gasteiger partial charge on any atom is 0.155 e. The second-order valence-corrected chi connectivity index (χ2v) is 4.45. The predicted octanol–water partition coefficient (Wildman–Crippen LogP) is 3.51. The zero-order valence-electron chi connectivity index (χ0n) is 10.6. The van der Waals surface area contributed by atoms with Crippen molar-refractivity contribution in [3.63, 3.8) is 0 Å². The molecule has 0 amide bonds. The SMILES string of the molecule is Cc1ccoc1-c1[nH]nc(N)c1-c1cc(F)cc(F)c1. The minimum atomic E-state index is -0.678. The molecule has 1 aromatic carbocycles. The molecule has 0 saturated carbocycles. The van der Waals surface area contributed by atoms with Crippen LogP contribution in [0.25, 0.3) is 22.6 Å². The maximum atomic E-state index is 13.4. The first-order chi connectivity index (χ1) is 9.56. The largest absolute Gasteiger partial charge is 0.462 e. The highest BCUT2D eigenvalue weighted by Crippen LogP contribution is 2.36. The van der Waals surface area contributed by atoms with Gasteiger partial charge in [-0.2, -0.15) is 5.10 Å². The summed E-state index contributed by atoms with van der Waals surface area (Å²) >= 11 is 0. The predicted molar refractivity (Wildman–Crippen MR) is 70.8 cm³/mol. The molecule has 4 nitrogen and oxygen atoms in total. The molecule has 3 rings (SSSR count). The number of nitrogens with zero attached hydrogens (tertiary/aromatic N) is 1. The number of aryl methyl sites for hydroxylation is 1. The number of aromatic amines is 1. The van der Waals surface area contributed by atoms with Crippen molar-refractivity contribution >= 4 is 5.82 Å². The van der Waals surface area contributed by atoms with Crippen LogP contribution in [0.3, 0.4) is 0 Å². The van der Waals surface area contributed by atoms with E-state index in [0.717, 1.165) is 11.6 Å². The number of anilines is 1. The van der Waals surface area contributed by atoms with Crippen molar-refractivity contribution in [2.45, 2.75) is 6.92 Å². The zero-order chi connectivity index (χ0) is 14.3. The average Bonchev–Trinajstić information content (AvgIpc) is 2.93. The Kier molecular flexibility index (Phi) is 2.78. The Morgan fingerprint density at radius 1 is 1.20 bits per heavy atom. The number of furan rings is 1. The third-order valence-corrected chi connectivity index (χ3v) is 3.03. The third-order valence-electron chi connectivity index (χ3n) is 3.03. The van der Waals surface area contributed by atoms with Gasteiger partial charge in [0.2, 0.25) is 0 Å². The lowest BCUT2D eigenvalue weighted by Crippen LogP contribution is -1.91. The summed E-state index contributed by atoms with van der Waals surface area (Å²) in [6.45, 7) is 1.85. The fourth-order valence-electron chi connectivity index (χ4n) is 2.14. The van der Waals surface area contributed by atoms with Crippen LogP contribution in [0.1, 0.15) is 5.56 Å². The van der Waals surface area contributed by atoms with Crippen LogP contribution in [0, 0.1) is 18.6 Å². The first-order valence-corrected chi connectivity index (χ1v) is 5.91. The molecule has 0 atom stereocenters. The monoisotopic (exact) mass is 275 g/mol. The molecular weight excluding hydrogens is 264 g/mol. The Bertz CT molecular complexity index is 756. The molecule has 0 saturated heterocycles. The van der Waals surface area contributed by atoms with E-state index in [0.29, 0.717) is 22.6 Å². The fraction of sp³-hybridized carbons (Fsp3) is 0.0714. The minimum absolute atomic E-state index is 0.154. The molecular formula is C14H11F2N3O. The van der Waals surface area contributed by atoms with E-state index in [4.69, 9.17) is 10.2 Å². The number of aromatic nitrogens is 2. The van der Waals surface area contributed by atoms with Crippen molar-refractivity contribution in [2.24, 2.45) is 0 Å². The Hall–Kier alpha value is -2.63. The van der Waals surface area contributed by atoms with Crippen LogP contribution in [-0.4, -0.2) is 10.2 Å². The molecule has 0 unspecified atom stereocenters. The van der Waals surface area contributed by atoms with Crippen LogP contribution in [-0.2, 0) is 0 Å². The maximum absolute atomic E-state index is 13.4. The van der Waals surface area contributed by atoms with E-state index in [1.54, 1.807) is 6.07 Å². The van der Waals surface area contributed by atoms with Crippen LogP contribution in [0.2, 0.25) is 0 Å². The summed E-state index contributed by atoms with van der Waals surface area (Å²) in [5.74, 6) is -0.667. The summed E-state index contributed by atoms with van der Waals surface area (Å²) in [4.78, 5) is 0. The van der Waals surface area contributed by atoms with Gasteiger partial charge in [0.15, 0.2) is 11.6 Å². The number of nitrogens with one attached hydrogen (secondary N) is 1. The molecule has 0 fully saturated rings. The Morgan fingerprint density at radius 2 is 1.90 bits per heavy atom. The van der Waals surface area contributed by atoms with Gasteiger partial charge in [-0.25, -0.2) is 8.78 Å². The molecule has 2 heterocycles. The topological polar surface area (TPSA) is 67.8 Å². The molecule has 0 spiro atoms. The van der Waals surface area contributed by atoms with Gasteiger partial charge in [0.05, 0.1) is 11.8 Å². The van der Waals surface area contributed by atoms with E-state index in [1.165, 1.54) is 18.4 Å². The highest BCUT2D eigenvalue weighted by Gasteiger charge is 2.19. The van der Waals surface area contributed by atoms with Gasteiger partial charge >= 0.3 is 0 Å². The molecule has 20 heavy (non-hydrogen) atoms. The number of halogens is 2. The highest BCUT2D eigenvalue weighted by molar-refractivity contribution is 5.87.